The molecule has 0 N–H and O–H groups in total. The number of sulfone groups is 1. The summed E-state index contributed by atoms with van der Waals surface area (Å²) in [6.07, 6.45) is 3.37. The van der Waals surface area contributed by atoms with Crippen LogP contribution in [0.1, 0.15) is 18.5 Å². The Morgan fingerprint density at radius 2 is 2.12 bits per heavy atom. The largest absolute Gasteiger partial charge is 0.370 e. The highest BCUT2D eigenvalue weighted by atomic mass is 32.2. The smallest absolute Gasteiger partial charge is 0.236 e. The lowest BCUT2D eigenvalue weighted by Gasteiger charge is -2.27. The first-order chi connectivity index (χ1) is 12.3. The van der Waals surface area contributed by atoms with E-state index in [2.05, 4.69) is 16.0 Å². The van der Waals surface area contributed by atoms with Crippen LogP contribution in [0.5, 0.6) is 0 Å². The van der Waals surface area contributed by atoms with Gasteiger partial charge in [0.15, 0.2) is 9.84 Å². The number of carbonyl (C=O) groups excluding carboxylic acids is 1. The van der Waals surface area contributed by atoms with E-state index in [-0.39, 0.29) is 30.0 Å². The van der Waals surface area contributed by atoms with Crippen LogP contribution in [0.25, 0.3) is 0 Å². The van der Waals surface area contributed by atoms with Crippen molar-refractivity contribution in [1.82, 2.24) is 14.8 Å². The SMILES string of the molecule is Cc1cc(N2CCCN(C(=O)CN(C)[C@@H]3CCS(=O)(=O)C3)CC2)ccn1. The minimum atomic E-state index is -2.93. The lowest BCUT2D eigenvalue weighted by molar-refractivity contribution is -0.132. The highest BCUT2D eigenvalue weighted by Gasteiger charge is 2.32. The predicted molar refractivity (Wildman–Crippen MR) is 102 cm³/mol. The Morgan fingerprint density at radius 3 is 2.81 bits per heavy atom. The Hall–Kier alpha value is -1.67. The minimum Gasteiger partial charge on any atom is -0.370 e. The second kappa shape index (κ2) is 7.92. The summed E-state index contributed by atoms with van der Waals surface area (Å²) in [6, 6.07) is 4.05. The van der Waals surface area contributed by atoms with Crippen LogP contribution in [0.3, 0.4) is 0 Å². The quantitative estimate of drug-likeness (QED) is 0.759. The van der Waals surface area contributed by atoms with Gasteiger partial charge >= 0.3 is 0 Å². The third kappa shape index (κ3) is 4.73. The van der Waals surface area contributed by atoms with Gasteiger partial charge in [0.2, 0.25) is 5.91 Å². The molecule has 1 atom stereocenters. The molecule has 2 saturated heterocycles. The molecule has 7 nitrogen and oxygen atoms in total. The van der Waals surface area contributed by atoms with Gasteiger partial charge in [-0.1, -0.05) is 0 Å². The normalized spacial score (nSPS) is 23.3. The van der Waals surface area contributed by atoms with Crippen molar-refractivity contribution in [3.63, 3.8) is 0 Å². The van der Waals surface area contributed by atoms with Gasteiger partial charge in [0.1, 0.15) is 0 Å². The van der Waals surface area contributed by atoms with Gasteiger partial charge in [0, 0.05) is 49.8 Å². The van der Waals surface area contributed by atoms with Gasteiger partial charge in [0.25, 0.3) is 0 Å². The zero-order valence-electron chi connectivity index (χ0n) is 15.6. The predicted octanol–water partition coefficient (Wildman–Crippen LogP) is 0.548. The molecule has 0 radical (unpaired) electrons. The van der Waals surface area contributed by atoms with E-state index in [0.29, 0.717) is 13.0 Å². The van der Waals surface area contributed by atoms with Crippen LogP contribution in [-0.2, 0) is 14.6 Å². The molecule has 1 amide bonds. The third-order valence-electron chi connectivity index (χ3n) is 5.31. The first-order valence-corrected chi connectivity index (χ1v) is 11.0. The summed E-state index contributed by atoms with van der Waals surface area (Å²) < 4.78 is 23.3. The van der Waals surface area contributed by atoms with Crippen molar-refractivity contribution in [2.75, 3.05) is 56.2 Å². The molecule has 3 heterocycles. The summed E-state index contributed by atoms with van der Waals surface area (Å²) in [6.45, 7) is 5.43. The molecular formula is C18H28N4O3S. The second-order valence-electron chi connectivity index (χ2n) is 7.35. The number of hydrogen-bond donors (Lipinski definition) is 0. The average molecular weight is 381 g/mol. The highest BCUT2D eigenvalue weighted by molar-refractivity contribution is 7.91. The number of likely N-dealkylation sites (N-methyl/N-ethyl adjacent to an activating group) is 1. The lowest BCUT2D eigenvalue weighted by Crippen LogP contribution is -2.44. The molecule has 26 heavy (non-hydrogen) atoms. The number of nitrogens with zero attached hydrogens (tertiary/aromatic N) is 4. The van der Waals surface area contributed by atoms with E-state index < -0.39 is 9.84 Å². The summed E-state index contributed by atoms with van der Waals surface area (Å²) in [5.41, 5.74) is 2.15. The molecule has 144 valence electrons. The van der Waals surface area contributed by atoms with E-state index in [0.717, 1.165) is 37.4 Å². The molecule has 2 aliphatic heterocycles. The molecule has 0 unspecified atom stereocenters. The summed E-state index contributed by atoms with van der Waals surface area (Å²) in [4.78, 5) is 23.0. The molecule has 2 aliphatic rings. The minimum absolute atomic E-state index is 0.0350. The fourth-order valence-corrected chi connectivity index (χ4v) is 5.52. The number of aryl methyl sites for hydroxylation is 1. The van der Waals surface area contributed by atoms with E-state index in [1.807, 2.05) is 36.0 Å². The maximum Gasteiger partial charge on any atom is 0.236 e. The molecule has 3 rings (SSSR count). The molecule has 0 spiro atoms. The fraction of sp³-hybridized carbons (Fsp3) is 0.667. The first kappa shape index (κ1) is 19.1. The van der Waals surface area contributed by atoms with Crippen molar-refractivity contribution in [3.05, 3.63) is 24.0 Å². The van der Waals surface area contributed by atoms with Crippen LogP contribution in [0.4, 0.5) is 5.69 Å². The van der Waals surface area contributed by atoms with Gasteiger partial charge in [-0.15, -0.1) is 0 Å². The van der Waals surface area contributed by atoms with Crippen LogP contribution in [0.2, 0.25) is 0 Å². The van der Waals surface area contributed by atoms with Crippen molar-refractivity contribution < 1.29 is 13.2 Å². The van der Waals surface area contributed by atoms with Crippen LogP contribution >= 0.6 is 0 Å². The molecule has 1 aromatic heterocycles. The van der Waals surface area contributed by atoms with Gasteiger partial charge in [-0.25, -0.2) is 8.42 Å². The number of hydrogen-bond acceptors (Lipinski definition) is 6. The maximum atomic E-state index is 12.7. The van der Waals surface area contributed by atoms with Gasteiger partial charge in [0.05, 0.1) is 18.1 Å². The van der Waals surface area contributed by atoms with E-state index in [9.17, 15) is 13.2 Å². The Labute approximate surface area is 155 Å². The first-order valence-electron chi connectivity index (χ1n) is 9.20. The third-order valence-corrected chi connectivity index (χ3v) is 7.06. The standard InChI is InChI=1S/C18H28N4O3S/c1-15-12-16(4-6-19-15)21-7-3-8-22(10-9-21)18(23)13-20(2)17-5-11-26(24,25)14-17/h4,6,12,17H,3,5,7-11,13-14H2,1-2H3/t17-/m1/s1. The van der Waals surface area contributed by atoms with Crippen molar-refractivity contribution in [2.24, 2.45) is 0 Å². The number of anilines is 1. The molecule has 8 heteroatoms. The van der Waals surface area contributed by atoms with E-state index in [1.165, 1.54) is 0 Å². The average Bonchev–Trinajstić information content (AvgIpc) is 2.81. The van der Waals surface area contributed by atoms with E-state index in [4.69, 9.17) is 0 Å². The topological polar surface area (TPSA) is 73.8 Å². The maximum absolute atomic E-state index is 12.7. The Bertz CT molecular complexity index is 753. The van der Waals surface area contributed by atoms with Crippen molar-refractivity contribution in [3.8, 4) is 0 Å². The van der Waals surface area contributed by atoms with Crippen molar-refractivity contribution >= 4 is 21.4 Å². The molecule has 0 aromatic carbocycles. The Morgan fingerprint density at radius 1 is 1.31 bits per heavy atom. The van der Waals surface area contributed by atoms with Crippen LogP contribution in [0, 0.1) is 6.92 Å². The zero-order chi connectivity index (χ0) is 18.7. The van der Waals surface area contributed by atoms with Gasteiger partial charge in [-0.2, -0.15) is 0 Å². The summed E-state index contributed by atoms with van der Waals surface area (Å²) in [7, 11) is -1.07. The number of rotatable bonds is 4. The number of pyridine rings is 1. The molecular weight excluding hydrogens is 352 g/mol. The zero-order valence-corrected chi connectivity index (χ0v) is 16.4. The summed E-state index contributed by atoms with van der Waals surface area (Å²) in [5, 5.41) is 0. The number of aromatic nitrogens is 1. The fourth-order valence-electron chi connectivity index (χ4n) is 3.72. The summed E-state index contributed by atoms with van der Waals surface area (Å²) in [5.74, 6) is 0.496. The van der Waals surface area contributed by atoms with Gasteiger partial charge in [-0.05, 0) is 38.9 Å². The van der Waals surface area contributed by atoms with Crippen LogP contribution in [0.15, 0.2) is 18.3 Å². The van der Waals surface area contributed by atoms with Crippen molar-refractivity contribution in [1.29, 1.82) is 0 Å². The molecule has 0 aliphatic carbocycles. The van der Waals surface area contributed by atoms with Crippen LogP contribution in [-0.4, -0.2) is 86.4 Å². The van der Waals surface area contributed by atoms with Gasteiger partial charge in [-0.3, -0.25) is 14.7 Å². The molecule has 1 aromatic rings. The Kier molecular flexibility index (Phi) is 5.82. The monoisotopic (exact) mass is 380 g/mol. The van der Waals surface area contributed by atoms with Crippen molar-refractivity contribution in [2.45, 2.75) is 25.8 Å². The molecule has 2 fully saturated rings. The second-order valence-corrected chi connectivity index (χ2v) is 9.58. The van der Waals surface area contributed by atoms with Gasteiger partial charge < -0.3 is 9.80 Å². The number of carbonyl (C=O) groups is 1. The lowest BCUT2D eigenvalue weighted by atomic mass is 10.2. The molecule has 0 bridgehead atoms. The summed E-state index contributed by atoms with van der Waals surface area (Å²) >= 11 is 0. The highest BCUT2D eigenvalue weighted by Crippen LogP contribution is 2.18. The van der Waals surface area contributed by atoms with E-state index >= 15 is 0 Å². The number of amides is 1. The van der Waals surface area contributed by atoms with E-state index in [1.54, 1.807) is 0 Å². The Balaban J connectivity index is 1.54. The molecule has 0 saturated carbocycles. The van der Waals surface area contributed by atoms with Crippen LogP contribution < -0.4 is 4.90 Å².